The molecule has 34 heavy (non-hydrogen) atoms. The highest BCUT2D eigenvalue weighted by molar-refractivity contribution is 7.89. The Morgan fingerprint density at radius 3 is 2.29 bits per heavy atom. The molecule has 1 aromatic carbocycles. The number of benzene rings is 1. The van der Waals surface area contributed by atoms with Gasteiger partial charge in [0.15, 0.2) is 0 Å². The predicted molar refractivity (Wildman–Crippen MR) is 134 cm³/mol. The topological polar surface area (TPSA) is 78.8 Å². The lowest BCUT2D eigenvalue weighted by atomic mass is 10.1. The van der Waals surface area contributed by atoms with Crippen LogP contribution in [0.1, 0.15) is 48.2 Å². The fourth-order valence-corrected chi connectivity index (χ4v) is 7.01. The summed E-state index contributed by atoms with van der Waals surface area (Å²) in [6.45, 7) is 12.3. The van der Waals surface area contributed by atoms with Crippen LogP contribution in [0.15, 0.2) is 23.1 Å². The Hall–Kier alpha value is -2.39. The van der Waals surface area contributed by atoms with Crippen molar-refractivity contribution in [2.45, 2.75) is 64.8 Å². The van der Waals surface area contributed by atoms with Crippen LogP contribution >= 0.6 is 0 Å². The van der Waals surface area contributed by atoms with E-state index in [0.29, 0.717) is 55.4 Å². The van der Waals surface area contributed by atoms with E-state index in [1.54, 1.807) is 22.8 Å². The average Bonchev–Trinajstić information content (AvgIpc) is 3.13. The van der Waals surface area contributed by atoms with E-state index in [0.717, 1.165) is 32.4 Å². The van der Waals surface area contributed by atoms with E-state index < -0.39 is 10.0 Å². The summed E-state index contributed by atoms with van der Waals surface area (Å²) in [5, 5.41) is 4.49. The molecule has 0 spiro atoms. The Labute approximate surface area is 203 Å². The highest BCUT2D eigenvalue weighted by atomic mass is 32.2. The molecule has 2 aliphatic rings. The van der Waals surface area contributed by atoms with Crippen molar-refractivity contribution in [2.24, 2.45) is 0 Å². The minimum atomic E-state index is -3.55. The summed E-state index contributed by atoms with van der Waals surface area (Å²) < 4.78 is 29.7. The second-order valence-corrected chi connectivity index (χ2v) is 11.5. The molecule has 0 atom stereocenters. The lowest BCUT2D eigenvalue weighted by Crippen LogP contribution is -2.49. The van der Waals surface area contributed by atoms with Crippen LogP contribution < -0.4 is 4.90 Å². The second kappa shape index (κ2) is 10.1. The van der Waals surface area contributed by atoms with Crippen molar-refractivity contribution in [1.82, 2.24) is 19.0 Å². The number of anilines is 1. The standard InChI is InChI=1S/C25H37N5O3S/c1-19-8-9-20(2)23(18-19)27-14-16-28(17-15-27)24(31)10-13-30-22(4)25(21(3)26-30)34(32,33)29-11-6-5-7-12-29/h8-9,18H,5-7,10-17H2,1-4H3. The Balaban J connectivity index is 1.37. The zero-order valence-corrected chi connectivity index (χ0v) is 21.7. The molecule has 2 aliphatic heterocycles. The van der Waals surface area contributed by atoms with E-state index in [9.17, 15) is 13.2 Å². The van der Waals surface area contributed by atoms with Crippen molar-refractivity contribution in [3.63, 3.8) is 0 Å². The van der Waals surface area contributed by atoms with Crippen LogP contribution in [0.25, 0.3) is 0 Å². The van der Waals surface area contributed by atoms with Crippen LogP contribution in [-0.2, 0) is 21.4 Å². The summed E-state index contributed by atoms with van der Waals surface area (Å²) in [5.74, 6) is 0.0913. The fourth-order valence-electron chi connectivity index (χ4n) is 5.12. The first-order valence-electron chi connectivity index (χ1n) is 12.3. The molecule has 2 fully saturated rings. The van der Waals surface area contributed by atoms with Gasteiger partial charge in [-0.15, -0.1) is 0 Å². The molecule has 0 N–H and O–H groups in total. The van der Waals surface area contributed by atoms with Gasteiger partial charge >= 0.3 is 0 Å². The number of hydrogen-bond acceptors (Lipinski definition) is 5. The predicted octanol–water partition coefficient (Wildman–Crippen LogP) is 3.03. The number of carbonyl (C=O) groups is 1. The lowest BCUT2D eigenvalue weighted by Gasteiger charge is -2.37. The molecule has 3 heterocycles. The Morgan fingerprint density at radius 1 is 0.941 bits per heavy atom. The van der Waals surface area contributed by atoms with Crippen molar-refractivity contribution in [3.8, 4) is 0 Å². The quantitative estimate of drug-likeness (QED) is 0.626. The zero-order valence-electron chi connectivity index (χ0n) is 20.9. The molecule has 186 valence electrons. The van der Waals surface area contributed by atoms with Crippen molar-refractivity contribution in [3.05, 3.63) is 40.7 Å². The molecular formula is C25H37N5O3S. The molecule has 0 bridgehead atoms. The van der Waals surface area contributed by atoms with Crippen LogP contribution in [0.5, 0.6) is 0 Å². The Bertz CT molecular complexity index is 1140. The molecule has 1 amide bonds. The molecule has 0 unspecified atom stereocenters. The van der Waals surface area contributed by atoms with Crippen LogP contribution in [0.3, 0.4) is 0 Å². The summed E-state index contributed by atoms with van der Waals surface area (Å²) in [7, 11) is -3.55. The highest BCUT2D eigenvalue weighted by Gasteiger charge is 2.32. The number of nitrogens with zero attached hydrogens (tertiary/aromatic N) is 5. The van der Waals surface area contributed by atoms with E-state index in [4.69, 9.17) is 0 Å². The number of rotatable bonds is 6. The lowest BCUT2D eigenvalue weighted by molar-refractivity contribution is -0.131. The maximum Gasteiger partial charge on any atom is 0.246 e. The maximum absolute atomic E-state index is 13.2. The van der Waals surface area contributed by atoms with Crippen LogP contribution in [0, 0.1) is 27.7 Å². The number of aryl methyl sites for hydroxylation is 4. The largest absolute Gasteiger partial charge is 0.368 e. The van der Waals surface area contributed by atoms with E-state index >= 15 is 0 Å². The van der Waals surface area contributed by atoms with Gasteiger partial charge < -0.3 is 9.80 Å². The van der Waals surface area contributed by atoms with Gasteiger partial charge in [-0.2, -0.15) is 9.40 Å². The van der Waals surface area contributed by atoms with Crippen molar-refractivity contribution >= 4 is 21.6 Å². The number of piperidine rings is 1. The highest BCUT2D eigenvalue weighted by Crippen LogP contribution is 2.27. The zero-order chi connectivity index (χ0) is 24.5. The normalized spacial score (nSPS) is 17.9. The maximum atomic E-state index is 13.2. The number of carbonyl (C=O) groups excluding carboxylic acids is 1. The van der Waals surface area contributed by atoms with E-state index in [2.05, 4.69) is 42.0 Å². The molecule has 0 radical (unpaired) electrons. The molecule has 0 saturated carbocycles. The van der Waals surface area contributed by atoms with Gasteiger partial charge in [-0.1, -0.05) is 18.6 Å². The number of amides is 1. The van der Waals surface area contributed by atoms with Gasteiger partial charge in [-0.25, -0.2) is 8.42 Å². The third-order valence-electron chi connectivity index (χ3n) is 7.10. The Morgan fingerprint density at radius 2 is 1.62 bits per heavy atom. The van der Waals surface area contributed by atoms with E-state index in [1.807, 2.05) is 4.90 Å². The number of aromatic nitrogens is 2. The molecule has 8 nitrogen and oxygen atoms in total. The minimum Gasteiger partial charge on any atom is -0.368 e. The van der Waals surface area contributed by atoms with Crippen LogP contribution in [0.4, 0.5) is 5.69 Å². The summed E-state index contributed by atoms with van der Waals surface area (Å²) in [6.07, 6.45) is 3.19. The molecular weight excluding hydrogens is 450 g/mol. The van der Waals surface area contributed by atoms with Crippen molar-refractivity contribution in [1.29, 1.82) is 0 Å². The van der Waals surface area contributed by atoms with Crippen molar-refractivity contribution < 1.29 is 13.2 Å². The van der Waals surface area contributed by atoms with Gasteiger partial charge in [0.1, 0.15) is 4.90 Å². The molecule has 9 heteroatoms. The second-order valence-electron chi connectivity index (χ2n) is 9.60. The van der Waals surface area contributed by atoms with Gasteiger partial charge in [-0.05, 0) is 57.7 Å². The first kappa shape index (κ1) is 24.7. The molecule has 2 saturated heterocycles. The SMILES string of the molecule is Cc1ccc(C)c(N2CCN(C(=O)CCn3nc(C)c(S(=O)(=O)N4CCCCC4)c3C)CC2)c1. The summed E-state index contributed by atoms with van der Waals surface area (Å²) in [4.78, 5) is 17.5. The number of sulfonamides is 1. The van der Waals surface area contributed by atoms with E-state index in [-0.39, 0.29) is 5.91 Å². The monoisotopic (exact) mass is 487 g/mol. The van der Waals surface area contributed by atoms with Crippen LogP contribution in [0.2, 0.25) is 0 Å². The molecule has 4 rings (SSSR count). The van der Waals surface area contributed by atoms with Gasteiger partial charge in [0.2, 0.25) is 15.9 Å². The third kappa shape index (κ3) is 5.00. The van der Waals surface area contributed by atoms with Gasteiger partial charge in [0, 0.05) is 51.4 Å². The van der Waals surface area contributed by atoms with Crippen molar-refractivity contribution in [2.75, 3.05) is 44.2 Å². The molecule has 2 aromatic rings. The third-order valence-corrected chi connectivity index (χ3v) is 9.25. The summed E-state index contributed by atoms with van der Waals surface area (Å²) in [5.41, 5.74) is 4.88. The van der Waals surface area contributed by atoms with Crippen LogP contribution in [-0.4, -0.2) is 72.6 Å². The average molecular weight is 488 g/mol. The van der Waals surface area contributed by atoms with Gasteiger partial charge in [-0.3, -0.25) is 9.48 Å². The number of hydrogen-bond donors (Lipinski definition) is 0. The summed E-state index contributed by atoms with van der Waals surface area (Å²) >= 11 is 0. The molecule has 1 aromatic heterocycles. The number of piperazine rings is 1. The van der Waals surface area contributed by atoms with Gasteiger partial charge in [0.05, 0.1) is 17.9 Å². The first-order chi connectivity index (χ1) is 16.2. The Kier molecular flexibility index (Phi) is 7.33. The minimum absolute atomic E-state index is 0.0913. The van der Waals surface area contributed by atoms with Gasteiger partial charge in [0.25, 0.3) is 0 Å². The molecule has 0 aliphatic carbocycles. The first-order valence-corrected chi connectivity index (χ1v) is 13.8. The summed E-state index contributed by atoms with van der Waals surface area (Å²) in [6, 6.07) is 6.49. The fraction of sp³-hybridized carbons (Fsp3) is 0.600. The van der Waals surface area contributed by atoms with E-state index in [1.165, 1.54) is 16.8 Å². The smallest absolute Gasteiger partial charge is 0.246 e.